The van der Waals surface area contributed by atoms with Gasteiger partial charge in [0.15, 0.2) is 27.8 Å². The lowest BCUT2D eigenvalue weighted by Gasteiger charge is -2.28. The Morgan fingerprint density at radius 1 is 1.20 bits per heavy atom. The molecule has 0 bridgehead atoms. The first-order valence-electron chi connectivity index (χ1n) is 13.7. The number of sulfonamides is 1. The molecule has 0 spiro atoms. The highest BCUT2D eigenvalue weighted by Gasteiger charge is 2.37. The summed E-state index contributed by atoms with van der Waals surface area (Å²) < 4.78 is 37.7. The largest absolute Gasteiger partial charge is 0.505 e. The number of anilines is 2. The lowest BCUT2D eigenvalue weighted by Crippen LogP contribution is -2.37. The highest BCUT2D eigenvalue weighted by atomic mass is 32.2. The van der Waals surface area contributed by atoms with Gasteiger partial charge in [0.05, 0.1) is 17.8 Å². The van der Waals surface area contributed by atoms with Crippen molar-refractivity contribution in [3.63, 3.8) is 0 Å². The van der Waals surface area contributed by atoms with Crippen molar-refractivity contribution < 1.29 is 32.6 Å². The van der Waals surface area contributed by atoms with E-state index in [0.717, 1.165) is 9.18 Å². The number of imidazole rings is 1. The molecule has 246 valence electrons. The van der Waals surface area contributed by atoms with Crippen molar-refractivity contribution in [2.75, 3.05) is 31.3 Å². The number of hydrogen-bond acceptors (Lipinski definition) is 14. The van der Waals surface area contributed by atoms with Gasteiger partial charge in [0.2, 0.25) is 5.95 Å². The molecule has 17 nitrogen and oxygen atoms in total. The summed E-state index contributed by atoms with van der Waals surface area (Å²) in [7, 11) is -2.67. The maximum absolute atomic E-state index is 12.5. The number of hydrogen-bond donors (Lipinski definition) is 5. The molecule has 0 aliphatic carbocycles. The number of aryl methyl sites for hydroxylation is 1. The van der Waals surface area contributed by atoms with Crippen molar-refractivity contribution in [3.8, 4) is 0 Å². The number of nitrogens with one attached hydrogen (secondary N) is 2. The Hall–Kier alpha value is -4.85. The zero-order valence-electron chi connectivity index (χ0n) is 25.3. The zero-order valence-corrected chi connectivity index (χ0v) is 26.9. The minimum atomic E-state index is -3.90. The molecule has 19 heteroatoms. The number of H-pyrrole nitrogens is 1. The smallest absolute Gasteiger partial charge is 0.323 e. The van der Waals surface area contributed by atoms with Crippen molar-refractivity contribution >= 4 is 61.2 Å². The number of rotatable bonds is 9. The van der Waals surface area contributed by atoms with Crippen molar-refractivity contribution in [1.82, 2.24) is 28.8 Å². The van der Waals surface area contributed by atoms with E-state index >= 15 is 0 Å². The first kappa shape index (κ1) is 34.0. The molecule has 3 aromatic heterocycles. The number of aliphatic hydroxyl groups is 1. The van der Waals surface area contributed by atoms with Gasteiger partial charge in [-0.05, 0) is 25.0 Å². The fourth-order valence-corrected chi connectivity index (χ4v) is 6.11. The average molecular weight is 676 g/mol. The Morgan fingerprint density at radius 2 is 1.91 bits per heavy atom. The van der Waals surface area contributed by atoms with Gasteiger partial charge in [0, 0.05) is 23.7 Å². The third-order valence-electron chi connectivity index (χ3n) is 6.56. The maximum Gasteiger partial charge on any atom is 0.323 e. The Balaban J connectivity index is 0.000000209. The molecule has 7 N–H and O–H groups in total. The van der Waals surface area contributed by atoms with E-state index < -0.39 is 33.5 Å². The molecule has 5 rings (SSSR count). The molecule has 0 saturated heterocycles. The molecule has 1 aromatic carbocycles. The number of thiazole rings is 1. The molecular formula is C27H33N9O8S2. The quantitative estimate of drug-likeness (QED) is 0.123. The summed E-state index contributed by atoms with van der Waals surface area (Å²) in [5.74, 6) is -1.57. The minimum absolute atomic E-state index is 0.000790. The molecule has 46 heavy (non-hydrogen) atoms. The van der Waals surface area contributed by atoms with Gasteiger partial charge in [0.25, 0.3) is 21.5 Å². The maximum atomic E-state index is 12.5. The van der Waals surface area contributed by atoms with Gasteiger partial charge < -0.3 is 26.0 Å². The molecule has 4 heterocycles. The number of benzene rings is 1. The standard InChI is InChI=1S/C14H13N3O4S2.C13H20N6O4/c1-8-7-15-14(22-8)16-13(19)11-12(18)9-5-3-4-6-10(9)23(20,21)17(11)2;1-7(2)8(14)12(21)23-4-3-22-6-19-5-16-9-10(19)17-13(15)18-11(9)20/h3-7,18H,1-2H3,(H,15,16,19);5,7-8H,3-4,6,14H2,1-2H3,(H3,15,17,18,20)/t;8-/m.0/s1. The number of nitrogens with two attached hydrogens (primary N) is 2. The van der Waals surface area contributed by atoms with Gasteiger partial charge in [-0.25, -0.2) is 18.4 Å². The van der Waals surface area contributed by atoms with E-state index in [1.807, 2.05) is 20.8 Å². The SMILES string of the molecule is CC(C)[C@H](N)C(=O)OCCOCn1cnc2c(=O)[nH]c(N)nc21.Cc1cnc(NC(=O)C2=C(O)c3ccccc3S(=O)(=O)N2C)s1. The van der Waals surface area contributed by atoms with E-state index in [-0.39, 0.29) is 59.2 Å². The van der Waals surface area contributed by atoms with E-state index in [0.29, 0.717) is 10.8 Å². The van der Waals surface area contributed by atoms with Crippen molar-refractivity contribution in [1.29, 1.82) is 0 Å². The normalized spacial score (nSPS) is 14.4. The number of carbonyl (C=O) groups is 2. The number of ether oxygens (including phenoxy) is 2. The number of likely N-dealkylation sites (N-methyl/N-ethyl adjacent to an activating group) is 1. The van der Waals surface area contributed by atoms with Crippen LogP contribution in [0.4, 0.5) is 11.1 Å². The predicted octanol–water partition coefficient (Wildman–Crippen LogP) is 1.15. The van der Waals surface area contributed by atoms with E-state index in [9.17, 15) is 27.9 Å². The van der Waals surface area contributed by atoms with Crippen LogP contribution in [-0.2, 0) is 35.8 Å². The number of aliphatic hydroxyl groups excluding tert-OH is 1. The lowest BCUT2D eigenvalue weighted by atomic mass is 10.1. The van der Waals surface area contributed by atoms with Crippen molar-refractivity contribution in [2.24, 2.45) is 11.7 Å². The summed E-state index contributed by atoms with van der Waals surface area (Å²) in [5, 5.41) is 13.2. The van der Waals surface area contributed by atoms with Crippen LogP contribution in [0.1, 0.15) is 24.3 Å². The van der Waals surface area contributed by atoms with Crippen LogP contribution < -0.4 is 22.3 Å². The summed E-state index contributed by atoms with van der Waals surface area (Å²) in [6.45, 7) is 5.87. The summed E-state index contributed by atoms with van der Waals surface area (Å²) in [6.07, 6.45) is 3.01. The third-order valence-corrected chi connectivity index (χ3v) is 9.21. The van der Waals surface area contributed by atoms with E-state index in [4.69, 9.17) is 20.9 Å². The van der Waals surface area contributed by atoms with Crippen LogP contribution in [0.5, 0.6) is 0 Å². The lowest BCUT2D eigenvalue weighted by molar-refractivity contribution is -0.148. The number of aromatic amines is 1. The molecule has 1 aliphatic heterocycles. The second kappa shape index (κ2) is 14.1. The Labute approximate surface area is 266 Å². The number of carbonyl (C=O) groups excluding carboxylic acids is 2. The minimum Gasteiger partial charge on any atom is -0.505 e. The topological polar surface area (TPSA) is 251 Å². The van der Waals surface area contributed by atoms with Gasteiger partial charge in [-0.1, -0.05) is 26.0 Å². The highest BCUT2D eigenvalue weighted by Crippen LogP contribution is 2.34. The van der Waals surface area contributed by atoms with Crippen molar-refractivity contribution in [3.05, 3.63) is 63.3 Å². The van der Waals surface area contributed by atoms with Crippen LogP contribution in [0.25, 0.3) is 16.9 Å². The van der Waals surface area contributed by atoms with E-state index in [1.165, 1.54) is 41.4 Å². The van der Waals surface area contributed by atoms with Crippen LogP contribution in [0.15, 0.2) is 52.2 Å². The van der Waals surface area contributed by atoms with Crippen molar-refractivity contribution in [2.45, 2.75) is 38.4 Å². The van der Waals surface area contributed by atoms with Crippen LogP contribution in [-0.4, -0.2) is 80.5 Å². The zero-order chi connectivity index (χ0) is 33.8. The van der Waals surface area contributed by atoms with Crippen LogP contribution in [0.3, 0.4) is 0 Å². The Kier molecular flexibility index (Phi) is 10.4. The van der Waals surface area contributed by atoms with Gasteiger partial charge in [-0.3, -0.25) is 33.6 Å². The number of fused-ring (bicyclic) bond motifs is 2. The molecular weight excluding hydrogens is 642 g/mol. The van der Waals surface area contributed by atoms with Crippen LogP contribution in [0.2, 0.25) is 0 Å². The molecule has 1 amide bonds. The van der Waals surface area contributed by atoms with E-state index in [2.05, 4.69) is 25.3 Å². The highest BCUT2D eigenvalue weighted by molar-refractivity contribution is 7.89. The molecule has 0 unspecified atom stereocenters. The second-order valence-corrected chi connectivity index (χ2v) is 13.4. The first-order chi connectivity index (χ1) is 21.7. The number of nitrogen functional groups attached to an aromatic ring is 1. The monoisotopic (exact) mass is 675 g/mol. The summed E-state index contributed by atoms with van der Waals surface area (Å²) in [5.41, 5.74) is 11.0. The summed E-state index contributed by atoms with van der Waals surface area (Å²) in [4.78, 5) is 50.8. The predicted molar refractivity (Wildman–Crippen MR) is 169 cm³/mol. The molecule has 0 saturated carbocycles. The van der Waals surface area contributed by atoms with Gasteiger partial charge in [-0.15, -0.1) is 11.3 Å². The summed E-state index contributed by atoms with van der Waals surface area (Å²) in [6, 6.07) is 5.34. The molecule has 1 aliphatic rings. The van der Waals surface area contributed by atoms with Crippen LogP contribution >= 0.6 is 11.3 Å². The third kappa shape index (κ3) is 7.33. The average Bonchev–Trinajstić information content (AvgIpc) is 3.61. The molecule has 0 fully saturated rings. The molecule has 0 radical (unpaired) electrons. The fourth-order valence-electron chi connectivity index (χ4n) is 4.05. The van der Waals surface area contributed by atoms with Gasteiger partial charge in [0.1, 0.15) is 19.4 Å². The number of amides is 1. The van der Waals surface area contributed by atoms with Gasteiger partial charge in [-0.2, -0.15) is 4.98 Å². The molecule has 4 aromatic rings. The number of aromatic nitrogens is 5. The van der Waals surface area contributed by atoms with Crippen LogP contribution in [0, 0.1) is 12.8 Å². The summed E-state index contributed by atoms with van der Waals surface area (Å²) >= 11 is 1.25. The molecule has 1 atom stereocenters. The first-order valence-corrected chi connectivity index (χ1v) is 15.9. The van der Waals surface area contributed by atoms with Gasteiger partial charge >= 0.3 is 5.97 Å². The Morgan fingerprint density at radius 3 is 2.59 bits per heavy atom. The van der Waals surface area contributed by atoms with E-state index in [1.54, 1.807) is 18.3 Å². The fraction of sp³-hybridized carbons (Fsp3) is 0.333. The Bertz CT molecular complexity index is 1950. The number of nitrogens with zero attached hydrogens (tertiary/aromatic N) is 5. The second-order valence-electron chi connectivity index (χ2n) is 10.2. The number of esters is 1.